The number of halogens is 1. The Morgan fingerprint density at radius 2 is 2.14 bits per heavy atom. The van der Waals surface area contributed by atoms with Gasteiger partial charge >= 0.3 is 0 Å². The van der Waals surface area contributed by atoms with E-state index in [0.29, 0.717) is 18.1 Å². The molecule has 3 nitrogen and oxygen atoms in total. The molecule has 0 amide bonds. The highest BCUT2D eigenvalue weighted by Gasteiger charge is 2.25. The first kappa shape index (κ1) is 17.2. The summed E-state index contributed by atoms with van der Waals surface area (Å²) in [5.41, 5.74) is 0. The van der Waals surface area contributed by atoms with Crippen molar-refractivity contribution in [2.24, 2.45) is 5.92 Å². The third-order valence-electron chi connectivity index (χ3n) is 3.69. The van der Waals surface area contributed by atoms with Crippen molar-refractivity contribution in [2.75, 3.05) is 26.7 Å². The highest BCUT2D eigenvalue weighted by Crippen LogP contribution is 2.24. The number of nitrogens with one attached hydrogen (secondary N) is 1. The fraction of sp³-hybridized carbons (Fsp3) is 0.750. The van der Waals surface area contributed by atoms with Crippen LogP contribution in [0.1, 0.15) is 31.6 Å². The molecule has 0 radical (unpaired) electrons. The van der Waals surface area contributed by atoms with Crippen LogP contribution in [0.25, 0.3) is 0 Å². The predicted octanol–water partition coefficient (Wildman–Crippen LogP) is 3.63. The van der Waals surface area contributed by atoms with Crippen LogP contribution in [0.3, 0.4) is 0 Å². The number of hydrogen-bond donors (Lipinski definition) is 1. The van der Waals surface area contributed by atoms with E-state index in [1.54, 1.807) is 11.3 Å². The van der Waals surface area contributed by atoms with Crippen LogP contribution < -0.4 is 5.32 Å². The molecule has 1 aliphatic rings. The monoisotopic (exact) mass is 330 g/mol. The van der Waals surface area contributed by atoms with E-state index >= 15 is 0 Å². The summed E-state index contributed by atoms with van der Waals surface area (Å²) in [6, 6.07) is 4.08. The quantitative estimate of drug-likeness (QED) is 0.787. The number of ether oxygens (including phenoxy) is 1. The lowest BCUT2D eigenvalue weighted by Crippen LogP contribution is -2.32. The molecule has 1 aromatic heterocycles. The number of likely N-dealkylation sites (N-methyl/N-ethyl adjacent to an activating group) is 1. The van der Waals surface area contributed by atoms with Crippen LogP contribution in [0.15, 0.2) is 12.1 Å². The number of hydrogen-bond acceptors (Lipinski definition) is 4. The normalized spacial score (nSPS) is 22.6. The third-order valence-corrected chi connectivity index (χ3v) is 4.91. The van der Waals surface area contributed by atoms with Crippen molar-refractivity contribution < 1.29 is 4.74 Å². The van der Waals surface area contributed by atoms with Gasteiger partial charge in [0.2, 0.25) is 0 Å². The lowest BCUT2D eigenvalue weighted by Gasteiger charge is -2.21. The summed E-state index contributed by atoms with van der Waals surface area (Å²) >= 11 is 7.63. The molecule has 0 aliphatic carbocycles. The molecule has 120 valence electrons. The van der Waals surface area contributed by atoms with E-state index in [-0.39, 0.29) is 0 Å². The standard InChI is InChI=1S/C16H27ClN2OS/c1-12(2)8-18-9-13-4-5-14(20-13)10-19(3)11-15-6-7-16(17)21-15/h6-7,12-14,18H,4-5,8-11H2,1-3H3. The molecule has 0 saturated carbocycles. The first-order valence-electron chi connectivity index (χ1n) is 7.82. The van der Waals surface area contributed by atoms with Gasteiger partial charge in [0.25, 0.3) is 0 Å². The predicted molar refractivity (Wildman–Crippen MR) is 91.3 cm³/mol. The minimum atomic E-state index is 0.372. The minimum Gasteiger partial charge on any atom is -0.372 e. The molecule has 21 heavy (non-hydrogen) atoms. The van der Waals surface area contributed by atoms with Gasteiger partial charge in [-0.1, -0.05) is 25.4 Å². The molecule has 2 rings (SSSR count). The average molecular weight is 331 g/mol. The Balaban J connectivity index is 1.65. The Hall–Kier alpha value is -0.130. The van der Waals surface area contributed by atoms with Gasteiger partial charge in [-0.3, -0.25) is 4.90 Å². The number of thiophene rings is 1. The van der Waals surface area contributed by atoms with Gasteiger partial charge in [0.1, 0.15) is 0 Å². The molecule has 1 saturated heterocycles. The Bertz CT molecular complexity index is 424. The van der Waals surface area contributed by atoms with Gasteiger partial charge in [-0.05, 0) is 44.5 Å². The molecule has 2 unspecified atom stereocenters. The molecule has 1 N–H and O–H groups in total. The van der Waals surface area contributed by atoms with Gasteiger partial charge in [0.15, 0.2) is 0 Å². The first-order valence-corrected chi connectivity index (χ1v) is 9.01. The van der Waals surface area contributed by atoms with E-state index in [1.165, 1.54) is 17.7 Å². The van der Waals surface area contributed by atoms with Crippen molar-refractivity contribution in [3.63, 3.8) is 0 Å². The highest BCUT2D eigenvalue weighted by molar-refractivity contribution is 7.16. The molecular weight excluding hydrogens is 304 g/mol. The molecule has 2 heterocycles. The van der Waals surface area contributed by atoms with Gasteiger partial charge in [0, 0.05) is 24.5 Å². The maximum atomic E-state index is 6.13. The summed E-state index contributed by atoms with van der Waals surface area (Å²) in [6.07, 6.45) is 3.10. The Kier molecular flexibility index (Phi) is 6.96. The van der Waals surface area contributed by atoms with Gasteiger partial charge in [-0.2, -0.15) is 0 Å². The summed E-state index contributed by atoms with van der Waals surface area (Å²) < 4.78 is 7.00. The summed E-state index contributed by atoms with van der Waals surface area (Å²) in [5.74, 6) is 0.700. The second-order valence-electron chi connectivity index (χ2n) is 6.41. The van der Waals surface area contributed by atoms with Gasteiger partial charge in [-0.25, -0.2) is 0 Å². The van der Waals surface area contributed by atoms with Crippen molar-refractivity contribution in [1.29, 1.82) is 0 Å². The molecule has 5 heteroatoms. The zero-order chi connectivity index (χ0) is 15.2. The summed E-state index contributed by atoms with van der Waals surface area (Å²) in [4.78, 5) is 3.65. The summed E-state index contributed by atoms with van der Waals surface area (Å²) in [7, 11) is 2.15. The molecule has 1 aromatic rings. The third kappa shape index (κ3) is 6.25. The van der Waals surface area contributed by atoms with Crippen LogP contribution >= 0.6 is 22.9 Å². The topological polar surface area (TPSA) is 24.5 Å². The van der Waals surface area contributed by atoms with Crippen molar-refractivity contribution in [2.45, 2.75) is 45.4 Å². The summed E-state index contributed by atoms with van der Waals surface area (Å²) in [6.45, 7) is 8.47. The molecule has 1 fully saturated rings. The maximum absolute atomic E-state index is 6.13. The Labute approximate surface area is 137 Å². The molecule has 1 aliphatic heterocycles. The smallest absolute Gasteiger partial charge is 0.0931 e. The largest absolute Gasteiger partial charge is 0.372 e. The van der Waals surface area contributed by atoms with Crippen molar-refractivity contribution in [1.82, 2.24) is 10.2 Å². The van der Waals surface area contributed by atoms with Gasteiger partial charge < -0.3 is 10.1 Å². The minimum absolute atomic E-state index is 0.372. The van der Waals surface area contributed by atoms with Crippen molar-refractivity contribution >= 4 is 22.9 Å². The van der Waals surface area contributed by atoms with Crippen molar-refractivity contribution in [3.05, 3.63) is 21.3 Å². The SMILES string of the molecule is CC(C)CNCC1CCC(CN(C)Cc2ccc(Cl)s2)O1. The van der Waals surface area contributed by atoms with E-state index in [2.05, 4.69) is 37.2 Å². The van der Waals surface area contributed by atoms with Crippen LogP contribution in [-0.2, 0) is 11.3 Å². The first-order chi connectivity index (χ1) is 10.0. The van der Waals surface area contributed by atoms with E-state index in [4.69, 9.17) is 16.3 Å². The highest BCUT2D eigenvalue weighted by atomic mass is 35.5. The molecule has 2 atom stereocenters. The number of nitrogens with zero attached hydrogens (tertiary/aromatic N) is 1. The van der Waals surface area contributed by atoms with Crippen LogP contribution in [-0.4, -0.2) is 43.8 Å². The lowest BCUT2D eigenvalue weighted by molar-refractivity contribution is 0.0267. The van der Waals surface area contributed by atoms with E-state index in [0.717, 1.165) is 30.5 Å². The van der Waals surface area contributed by atoms with Crippen LogP contribution in [0.2, 0.25) is 4.34 Å². The number of rotatable bonds is 8. The second-order valence-corrected chi connectivity index (χ2v) is 8.21. The van der Waals surface area contributed by atoms with E-state index in [9.17, 15) is 0 Å². The lowest BCUT2D eigenvalue weighted by atomic mass is 10.2. The van der Waals surface area contributed by atoms with Crippen LogP contribution in [0, 0.1) is 5.92 Å². The summed E-state index contributed by atoms with van der Waals surface area (Å²) in [5, 5.41) is 3.49. The second kappa shape index (κ2) is 8.49. The van der Waals surface area contributed by atoms with E-state index in [1.807, 2.05) is 6.07 Å². The van der Waals surface area contributed by atoms with Gasteiger partial charge in [-0.15, -0.1) is 11.3 Å². The zero-order valence-corrected chi connectivity index (χ0v) is 14.8. The average Bonchev–Trinajstić information content (AvgIpc) is 2.98. The molecule has 0 aromatic carbocycles. The van der Waals surface area contributed by atoms with Crippen molar-refractivity contribution in [3.8, 4) is 0 Å². The fourth-order valence-corrected chi connectivity index (χ4v) is 3.88. The molecule has 0 bridgehead atoms. The molecular formula is C16H27ClN2OS. The Morgan fingerprint density at radius 3 is 2.81 bits per heavy atom. The fourth-order valence-electron chi connectivity index (χ4n) is 2.71. The van der Waals surface area contributed by atoms with Crippen LogP contribution in [0.5, 0.6) is 0 Å². The maximum Gasteiger partial charge on any atom is 0.0931 e. The van der Waals surface area contributed by atoms with Crippen LogP contribution in [0.4, 0.5) is 0 Å². The Morgan fingerprint density at radius 1 is 1.38 bits per heavy atom. The zero-order valence-electron chi connectivity index (χ0n) is 13.3. The van der Waals surface area contributed by atoms with E-state index < -0.39 is 0 Å². The molecule has 0 spiro atoms. The van der Waals surface area contributed by atoms with Gasteiger partial charge in [0.05, 0.1) is 16.5 Å².